The SMILES string of the molecule is Cc1c(OCC(F)(F)F)ccnc1C[S@@](=O)c1nc2c(C)c(C)c(C)c(C)c2[nH]1. The van der Waals surface area contributed by atoms with Crippen molar-refractivity contribution in [3.63, 3.8) is 0 Å². The zero-order valence-electron chi connectivity index (χ0n) is 16.8. The molecular formula is C20H22F3N3O2S. The monoisotopic (exact) mass is 425 g/mol. The third-order valence-corrected chi connectivity index (χ3v) is 6.39. The molecule has 0 fully saturated rings. The molecule has 2 heterocycles. The molecule has 0 spiro atoms. The molecule has 0 amide bonds. The van der Waals surface area contributed by atoms with Crippen LogP contribution in [-0.4, -0.2) is 31.9 Å². The molecule has 0 aliphatic heterocycles. The summed E-state index contributed by atoms with van der Waals surface area (Å²) < 4.78 is 55.0. The van der Waals surface area contributed by atoms with Crippen molar-refractivity contribution in [2.75, 3.05) is 6.61 Å². The average Bonchev–Trinajstić information content (AvgIpc) is 3.10. The van der Waals surface area contributed by atoms with Crippen LogP contribution in [0, 0.1) is 34.6 Å². The summed E-state index contributed by atoms with van der Waals surface area (Å²) in [4.78, 5) is 11.9. The van der Waals surface area contributed by atoms with E-state index in [1.165, 1.54) is 12.3 Å². The van der Waals surface area contributed by atoms with Gasteiger partial charge in [-0.2, -0.15) is 13.2 Å². The first-order valence-electron chi connectivity index (χ1n) is 8.98. The van der Waals surface area contributed by atoms with E-state index in [1.54, 1.807) is 6.92 Å². The van der Waals surface area contributed by atoms with Crippen LogP contribution in [0.3, 0.4) is 0 Å². The highest BCUT2D eigenvalue weighted by Gasteiger charge is 2.29. The Balaban J connectivity index is 1.89. The Bertz CT molecular complexity index is 1060. The molecule has 3 rings (SSSR count). The lowest BCUT2D eigenvalue weighted by Gasteiger charge is -2.13. The second-order valence-electron chi connectivity index (χ2n) is 7.04. The average molecular weight is 425 g/mol. The van der Waals surface area contributed by atoms with E-state index in [-0.39, 0.29) is 11.5 Å². The zero-order chi connectivity index (χ0) is 21.5. The number of ether oxygens (including phenoxy) is 1. The number of nitrogens with one attached hydrogen (secondary N) is 1. The summed E-state index contributed by atoms with van der Waals surface area (Å²) in [7, 11) is -1.54. The highest BCUT2D eigenvalue weighted by Crippen LogP contribution is 2.29. The number of benzene rings is 1. The van der Waals surface area contributed by atoms with Gasteiger partial charge in [-0.1, -0.05) is 0 Å². The smallest absolute Gasteiger partial charge is 0.422 e. The number of alkyl halides is 3. The first kappa shape index (κ1) is 21.3. The fourth-order valence-corrected chi connectivity index (χ4v) is 4.23. The molecule has 2 aromatic heterocycles. The van der Waals surface area contributed by atoms with Crippen LogP contribution in [0.1, 0.15) is 33.5 Å². The molecule has 0 radical (unpaired) electrons. The van der Waals surface area contributed by atoms with E-state index < -0.39 is 23.6 Å². The lowest BCUT2D eigenvalue weighted by molar-refractivity contribution is -0.153. The minimum absolute atomic E-state index is 0.0188. The van der Waals surface area contributed by atoms with Crippen molar-refractivity contribution in [2.45, 2.75) is 51.7 Å². The van der Waals surface area contributed by atoms with Crippen molar-refractivity contribution in [1.82, 2.24) is 15.0 Å². The van der Waals surface area contributed by atoms with Gasteiger partial charge in [0, 0.05) is 11.8 Å². The lowest BCUT2D eigenvalue weighted by atomic mass is 9.98. The van der Waals surface area contributed by atoms with Gasteiger partial charge in [0.1, 0.15) is 5.75 Å². The van der Waals surface area contributed by atoms with Crippen LogP contribution in [0.2, 0.25) is 0 Å². The van der Waals surface area contributed by atoms with Gasteiger partial charge in [0.05, 0.1) is 33.3 Å². The number of hydrogen-bond donors (Lipinski definition) is 1. The van der Waals surface area contributed by atoms with E-state index in [0.29, 0.717) is 16.4 Å². The maximum atomic E-state index is 12.9. The lowest BCUT2D eigenvalue weighted by Crippen LogP contribution is -2.19. The highest BCUT2D eigenvalue weighted by molar-refractivity contribution is 7.84. The number of halogens is 3. The summed E-state index contributed by atoms with van der Waals surface area (Å²) in [6.07, 6.45) is -3.08. The predicted molar refractivity (Wildman–Crippen MR) is 106 cm³/mol. The summed E-state index contributed by atoms with van der Waals surface area (Å²) in [5.41, 5.74) is 6.84. The van der Waals surface area contributed by atoms with Crippen LogP contribution >= 0.6 is 0 Å². The topological polar surface area (TPSA) is 67.9 Å². The number of rotatable bonds is 5. The van der Waals surface area contributed by atoms with Crippen LogP contribution in [0.4, 0.5) is 13.2 Å². The molecule has 0 aliphatic carbocycles. The highest BCUT2D eigenvalue weighted by atomic mass is 32.2. The summed E-state index contributed by atoms with van der Waals surface area (Å²) in [6.45, 7) is 8.25. The molecule has 0 aliphatic rings. The number of aromatic nitrogens is 3. The number of aryl methyl sites for hydroxylation is 2. The van der Waals surface area contributed by atoms with Gasteiger partial charge >= 0.3 is 6.18 Å². The Kier molecular flexibility index (Phi) is 5.71. The molecular weight excluding hydrogens is 403 g/mol. The number of imidazole rings is 1. The molecule has 1 aromatic carbocycles. The van der Waals surface area contributed by atoms with Crippen molar-refractivity contribution in [3.8, 4) is 5.75 Å². The first-order valence-corrected chi connectivity index (χ1v) is 10.3. The molecule has 0 saturated heterocycles. The van der Waals surface area contributed by atoms with Gasteiger partial charge in [-0.15, -0.1) is 0 Å². The quantitative estimate of drug-likeness (QED) is 0.641. The number of nitrogens with zero attached hydrogens (tertiary/aromatic N) is 2. The fraction of sp³-hybridized carbons (Fsp3) is 0.400. The normalized spacial score (nSPS) is 13.1. The Hall–Kier alpha value is -2.42. The van der Waals surface area contributed by atoms with E-state index >= 15 is 0 Å². The molecule has 9 heteroatoms. The Morgan fingerprint density at radius 1 is 1.03 bits per heavy atom. The standard InChI is InChI=1S/C20H22F3N3O2S/c1-10-11(2)13(4)18-17(12(10)3)25-19(26-18)29(27)8-15-14(5)16(6-7-24-15)28-9-20(21,22)23/h6-7H,8-9H2,1-5H3,(H,25,26)/t29-/m1/s1. The second-order valence-corrected chi connectivity index (χ2v) is 8.41. The molecule has 156 valence electrons. The van der Waals surface area contributed by atoms with E-state index in [9.17, 15) is 17.4 Å². The van der Waals surface area contributed by atoms with E-state index in [0.717, 1.165) is 33.3 Å². The van der Waals surface area contributed by atoms with Gasteiger partial charge in [-0.3, -0.25) is 9.19 Å². The molecule has 1 atom stereocenters. The summed E-state index contributed by atoms with van der Waals surface area (Å²) in [5.74, 6) is 0.0946. The summed E-state index contributed by atoms with van der Waals surface area (Å²) in [6, 6.07) is 1.37. The van der Waals surface area contributed by atoms with Gasteiger partial charge in [-0.25, -0.2) is 4.98 Å². The van der Waals surface area contributed by atoms with Gasteiger partial charge < -0.3 is 9.72 Å². The van der Waals surface area contributed by atoms with E-state index in [1.807, 2.05) is 27.7 Å². The zero-order valence-corrected chi connectivity index (χ0v) is 17.6. The predicted octanol–water partition coefficient (Wildman–Crippen LogP) is 4.75. The third kappa shape index (κ3) is 4.29. The summed E-state index contributed by atoms with van der Waals surface area (Å²) in [5, 5.41) is 0.319. The van der Waals surface area contributed by atoms with Crippen LogP contribution in [0.25, 0.3) is 11.0 Å². The molecule has 29 heavy (non-hydrogen) atoms. The van der Waals surface area contributed by atoms with E-state index in [2.05, 4.69) is 15.0 Å². The Labute approximate surface area is 169 Å². The van der Waals surface area contributed by atoms with Crippen molar-refractivity contribution in [3.05, 3.63) is 45.8 Å². The van der Waals surface area contributed by atoms with Crippen LogP contribution in [-0.2, 0) is 16.6 Å². The second kappa shape index (κ2) is 7.78. The molecule has 3 aromatic rings. The first-order chi connectivity index (χ1) is 13.5. The van der Waals surface area contributed by atoms with E-state index in [4.69, 9.17) is 4.74 Å². The maximum absolute atomic E-state index is 12.9. The fourth-order valence-electron chi connectivity index (χ4n) is 3.14. The maximum Gasteiger partial charge on any atom is 0.422 e. The van der Waals surface area contributed by atoms with Crippen molar-refractivity contribution >= 4 is 21.8 Å². The van der Waals surface area contributed by atoms with Gasteiger partial charge in [0.25, 0.3) is 0 Å². The minimum Gasteiger partial charge on any atom is -0.484 e. The largest absolute Gasteiger partial charge is 0.484 e. The molecule has 5 nitrogen and oxygen atoms in total. The number of hydrogen-bond acceptors (Lipinski definition) is 4. The van der Waals surface area contributed by atoms with Gasteiger partial charge in [-0.05, 0) is 62.9 Å². The van der Waals surface area contributed by atoms with Crippen molar-refractivity contribution < 1.29 is 22.1 Å². The Morgan fingerprint density at radius 2 is 1.69 bits per heavy atom. The van der Waals surface area contributed by atoms with Gasteiger partial charge in [0.2, 0.25) is 0 Å². The van der Waals surface area contributed by atoms with Crippen LogP contribution < -0.4 is 4.74 Å². The molecule has 0 unspecified atom stereocenters. The molecule has 1 N–H and O–H groups in total. The Morgan fingerprint density at radius 3 is 2.34 bits per heavy atom. The van der Waals surface area contributed by atoms with Crippen molar-refractivity contribution in [2.24, 2.45) is 0 Å². The van der Waals surface area contributed by atoms with Crippen LogP contribution in [0.5, 0.6) is 5.75 Å². The minimum atomic E-state index is -4.43. The van der Waals surface area contributed by atoms with Crippen molar-refractivity contribution in [1.29, 1.82) is 0 Å². The summed E-state index contributed by atoms with van der Waals surface area (Å²) >= 11 is 0. The number of H-pyrrole nitrogens is 1. The van der Waals surface area contributed by atoms with Gasteiger partial charge in [0.15, 0.2) is 11.8 Å². The number of aromatic amines is 1. The third-order valence-electron chi connectivity index (χ3n) is 5.23. The number of pyridine rings is 1. The number of fused-ring (bicyclic) bond motifs is 1. The molecule has 0 bridgehead atoms. The van der Waals surface area contributed by atoms with Crippen LogP contribution in [0.15, 0.2) is 17.4 Å². The molecule has 0 saturated carbocycles.